The number of hydrogen-bond acceptors (Lipinski definition) is 3. The summed E-state index contributed by atoms with van der Waals surface area (Å²) in [4.78, 5) is 6.74. The topological polar surface area (TPSA) is 58.6 Å². The van der Waals surface area contributed by atoms with Crippen LogP contribution in [0, 0.1) is 0 Å². The molecule has 23 heavy (non-hydrogen) atoms. The third kappa shape index (κ3) is 4.86. The van der Waals surface area contributed by atoms with E-state index in [-0.39, 0.29) is 0 Å². The standard InChI is InChI=1S/C16H24BrN5O/c1-5-13-8-15(23-20-13)9-19-16(18-6-2)22(4)11-14-7-12(17)10-21(14)3/h7-8,10H,5-6,9,11H2,1-4H3,(H,18,19). The molecule has 0 fully saturated rings. The molecule has 0 saturated heterocycles. The molecule has 2 aromatic rings. The van der Waals surface area contributed by atoms with Gasteiger partial charge < -0.3 is 19.3 Å². The van der Waals surface area contributed by atoms with Gasteiger partial charge in [-0.2, -0.15) is 0 Å². The summed E-state index contributed by atoms with van der Waals surface area (Å²) in [6.07, 6.45) is 2.92. The molecule has 0 spiro atoms. The van der Waals surface area contributed by atoms with E-state index < -0.39 is 0 Å². The van der Waals surface area contributed by atoms with Crippen LogP contribution in [0.1, 0.15) is 31.0 Å². The van der Waals surface area contributed by atoms with Gasteiger partial charge in [-0.1, -0.05) is 12.1 Å². The van der Waals surface area contributed by atoms with Crippen LogP contribution in [0.25, 0.3) is 0 Å². The molecule has 0 unspecified atom stereocenters. The first kappa shape index (κ1) is 17.6. The van der Waals surface area contributed by atoms with Crippen molar-refractivity contribution < 1.29 is 4.52 Å². The summed E-state index contributed by atoms with van der Waals surface area (Å²) in [5.41, 5.74) is 2.17. The second-order valence-corrected chi connectivity index (χ2v) is 6.34. The fourth-order valence-corrected chi connectivity index (χ4v) is 2.83. The lowest BCUT2D eigenvalue weighted by Gasteiger charge is -2.22. The minimum atomic E-state index is 0.483. The third-order valence-corrected chi connectivity index (χ3v) is 3.96. The van der Waals surface area contributed by atoms with Gasteiger partial charge in [-0.25, -0.2) is 4.99 Å². The van der Waals surface area contributed by atoms with Gasteiger partial charge in [0.05, 0.1) is 12.2 Å². The fourth-order valence-electron chi connectivity index (χ4n) is 2.26. The van der Waals surface area contributed by atoms with Crippen LogP contribution < -0.4 is 5.32 Å². The first-order chi connectivity index (χ1) is 11.0. The van der Waals surface area contributed by atoms with Crippen LogP contribution in [0.3, 0.4) is 0 Å². The van der Waals surface area contributed by atoms with Crippen molar-refractivity contribution in [1.82, 2.24) is 19.9 Å². The Morgan fingerprint density at radius 1 is 1.43 bits per heavy atom. The lowest BCUT2D eigenvalue weighted by molar-refractivity contribution is 0.378. The van der Waals surface area contributed by atoms with Crippen LogP contribution in [0.15, 0.2) is 32.3 Å². The zero-order valence-electron chi connectivity index (χ0n) is 14.1. The molecule has 0 aromatic carbocycles. The fraction of sp³-hybridized carbons (Fsp3) is 0.500. The highest BCUT2D eigenvalue weighted by Gasteiger charge is 2.10. The molecular weight excluding hydrogens is 358 g/mol. The number of aromatic nitrogens is 2. The summed E-state index contributed by atoms with van der Waals surface area (Å²) in [5.74, 6) is 1.63. The number of rotatable bonds is 6. The predicted octanol–water partition coefficient (Wildman–Crippen LogP) is 2.94. The Bertz CT molecular complexity index is 661. The highest BCUT2D eigenvalue weighted by molar-refractivity contribution is 9.10. The van der Waals surface area contributed by atoms with Gasteiger partial charge in [-0.3, -0.25) is 0 Å². The van der Waals surface area contributed by atoms with Gasteiger partial charge in [-0.05, 0) is 35.3 Å². The molecular formula is C16H24BrN5O. The van der Waals surface area contributed by atoms with Gasteiger partial charge in [0.2, 0.25) is 0 Å². The molecule has 0 bridgehead atoms. The normalized spacial score (nSPS) is 11.8. The van der Waals surface area contributed by atoms with E-state index >= 15 is 0 Å². The molecule has 0 amide bonds. The first-order valence-electron chi connectivity index (χ1n) is 7.78. The van der Waals surface area contributed by atoms with E-state index in [1.807, 2.05) is 26.4 Å². The second-order valence-electron chi connectivity index (χ2n) is 5.42. The average Bonchev–Trinajstić information content (AvgIpc) is 3.10. The molecule has 0 aliphatic carbocycles. The first-order valence-corrected chi connectivity index (χ1v) is 8.57. The Hall–Kier alpha value is -1.76. The van der Waals surface area contributed by atoms with Crippen molar-refractivity contribution in [2.24, 2.45) is 12.0 Å². The van der Waals surface area contributed by atoms with Gasteiger partial charge in [0.15, 0.2) is 11.7 Å². The summed E-state index contributed by atoms with van der Waals surface area (Å²) < 4.78 is 8.48. The van der Waals surface area contributed by atoms with Crippen LogP contribution in [-0.4, -0.2) is 34.2 Å². The van der Waals surface area contributed by atoms with Gasteiger partial charge in [0.1, 0.15) is 6.54 Å². The van der Waals surface area contributed by atoms with Crippen molar-refractivity contribution in [1.29, 1.82) is 0 Å². The number of hydrogen-bond donors (Lipinski definition) is 1. The Balaban J connectivity index is 2.06. The maximum absolute atomic E-state index is 5.29. The SMILES string of the molecule is CCNC(=NCc1cc(CC)no1)N(C)Cc1cc(Br)cn1C. The number of nitrogens with one attached hydrogen (secondary N) is 1. The molecule has 1 N–H and O–H groups in total. The van der Waals surface area contributed by atoms with E-state index in [2.05, 4.69) is 60.8 Å². The molecule has 2 heterocycles. The van der Waals surface area contributed by atoms with E-state index in [9.17, 15) is 0 Å². The van der Waals surface area contributed by atoms with E-state index in [0.29, 0.717) is 6.54 Å². The van der Waals surface area contributed by atoms with E-state index in [1.54, 1.807) is 0 Å². The molecule has 7 heteroatoms. The lowest BCUT2D eigenvalue weighted by atomic mass is 10.3. The predicted molar refractivity (Wildman–Crippen MR) is 95.3 cm³/mol. The van der Waals surface area contributed by atoms with Crippen molar-refractivity contribution in [2.45, 2.75) is 33.4 Å². The van der Waals surface area contributed by atoms with Gasteiger partial charge in [0, 0.05) is 43.1 Å². The number of halogens is 1. The van der Waals surface area contributed by atoms with Gasteiger partial charge >= 0.3 is 0 Å². The maximum Gasteiger partial charge on any atom is 0.194 e. The average molecular weight is 382 g/mol. The molecule has 0 saturated carbocycles. The molecule has 2 aromatic heterocycles. The molecule has 0 aliphatic rings. The maximum atomic E-state index is 5.29. The minimum Gasteiger partial charge on any atom is -0.359 e. The zero-order chi connectivity index (χ0) is 16.8. The van der Waals surface area contributed by atoms with Crippen LogP contribution in [-0.2, 0) is 26.6 Å². The van der Waals surface area contributed by atoms with Crippen LogP contribution in [0.2, 0.25) is 0 Å². The van der Waals surface area contributed by atoms with Crippen LogP contribution >= 0.6 is 15.9 Å². The summed E-state index contributed by atoms with van der Waals surface area (Å²) >= 11 is 3.51. The lowest BCUT2D eigenvalue weighted by Crippen LogP contribution is -2.38. The third-order valence-electron chi connectivity index (χ3n) is 3.52. The number of aliphatic imine (C=N–C) groups is 1. The van der Waals surface area contributed by atoms with Gasteiger partial charge in [-0.15, -0.1) is 0 Å². The largest absolute Gasteiger partial charge is 0.359 e. The van der Waals surface area contributed by atoms with E-state index in [1.165, 1.54) is 5.69 Å². The smallest absolute Gasteiger partial charge is 0.194 e. The minimum absolute atomic E-state index is 0.483. The summed E-state index contributed by atoms with van der Waals surface area (Å²) in [6, 6.07) is 4.07. The zero-order valence-corrected chi connectivity index (χ0v) is 15.7. The molecule has 0 radical (unpaired) electrons. The summed E-state index contributed by atoms with van der Waals surface area (Å²) in [5, 5.41) is 7.31. The number of aryl methyl sites for hydroxylation is 2. The van der Waals surface area contributed by atoms with Gasteiger partial charge in [0.25, 0.3) is 0 Å². The monoisotopic (exact) mass is 381 g/mol. The highest BCUT2D eigenvalue weighted by atomic mass is 79.9. The quantitative estimate of drug-likeness (QED) is 0.617. The van der Waals surface area contributed by atoms with Crippen molar-refractivity contribution in [3.05, 3.63) is 40.0 Å². The van der Waals surface area contributed by atoms with Crippen LogP contribution in [0.5, 0.6) is 0 Å². The molecule has 2 rings (SSSR count). The van der Waals surface area contributed by atoms with E-state index in [0.717, 1.165) is 41.4 Å². The number of guanidine groups is 1. The highest BCUT2D eigenvalue weighted by Crippen LogP contribution is 2.15. The Kier molecular flexibility index (Phi) is 6.27. The molecule has 0 aliphatic heterocycles. The van der Waals surface area contributed by atoms with Crippen molar-refractivity contribution in [3.63, 3.8) is 0 Å². The summed E-state index contributed by atoms with van der Waals surface area (Å²) in [6.45, 7) is 6.19. The second kappa shape index (κ2) is 8.19. The summed E-state index contributed by atoms with van der Waals surface area (Å²) in [7, 11) is 4.07. The Morgan fingerprint density at radius 3 is 2.78 bits per heavy atom. The van der Waals surface area contributed by atoms with Crippen molar-refractivity contribution in [3.8, 4) is 0 Å². The molecule has 0 atom stereocenters. The van der Waals surface area contributed by atoms with Crippen LogP contribution in [0.4, 0.5) is 0 Å². The number of nitrogens with zero attached hydrogens (tertiary/aromatic N) is 4. The Morgan fingerprint density at radius 2 is 2.22 bits per heavy atom. The Labute approximate surface area is 145 Å². The van der Waals surface area contributed by atoms with Crippen molar-refractivity contribution in [2.75, 3.05) is 13.6 Å². The molecule has 6 nitrogen and oxygen atoms in total. The van der Waals surface area contributed by atoms with Crippen molar-refractivity contribution >= 4 is 21.9 Å². The van der Waals surface area contributed by atoms with E-state index in [4.69, 9.17) is 4.52 Å². The molecule has 126 valence electrons.